The Balaban J connectivity index is 1.83. The molecule has 0 radical (unpaired) electrons. The molecule has 128 valence electrons. The van der Waals surface area contributed by atoms with Gasteiger partial charge in [0.05, 0.1) is 17.5 Å². The Morgan fingerprint density at radius 3 is 3.00 bits per heavy atom. The van der Waals surface area contributed by atoms with Crippen molar-refractivity contribution in [1.29, 1.82) is 0 Å². The van der Waals surface area contributed by atoms with E-state index in [0.717, 1.165) is 6.42 Å². The van der Waals surface area contributed by atoms with E-state index >= 15 is 0 Å². The molecule has 1 aliphatic rings. The highest BCUT2D eigenvalue weighted by atomic mass is 35.5. The van der Waals surface area contributed by atoms with Crippen molar-refractivity contribution in [2.24, 2.45) is 5.92 Å². The zero-order chi connectivity index (χ0) is 17.3. The highest BCUT2D eigenvalue weighted by Gasteiger charge is 2.31. The molecule has 0 aliphatic carbocycles. The molecule has 2 aromatic rings. The van der Waals surface area contributed by atoms with Gasteiger partial charge in [-0.05, 0) is 38.0 Å². The van der Waals surface area contributed by atoms with Crippen LogP contribution in [0.15, 0.2) is 18.2 Å². The lowest BCUT2D eigenvalue weighted by Gasteiger charge is -2.31. The Kier molecular flexibility index (Phi) is 5.06. The van der Waals surface area contributed by atoms with E-state index in [2.05, 4.69) is 0 Å². The van der Waals surface area contributed by atoms with Crippen LogP contribution in [-0.4, -0.2) is 36.5 Å². The van der Waals surface area contributed by atoms with Crippen molar-refractivity contribution in [3.8, 4) is 0 Å². The summed E-state index contributed by atoms with van der Waals surface area (Å²) in [4.78, 5) is 26.8. The van der Waals surface area contributed by atoms with E-state index in [1.165, 1.54) is 23.5 Å². The summed E-state index contributed by atoms with van der Waals surface area (Å²) in [5, 5.41) is 1.02. The van der Waals surface area contributed by atoms with Crippen LogP contribution in [0.1, 0.15) is 29.4 Å². The maximum Gasteiger partial charge on any atom is 0.310 e. The van der Waals surface area contributed by atoms with Crippen LogP contribution in [-0.2, 0) is 9.53 Å². The molecule has 1 amide bonds. The lowest BCUT2D eigenvalue weighted by molar-refractivity contribution is -0.149. The van der Waals surface area contributed by atoms with E-state index in [9.17, 15) is 14.0 Å². The minimum absolute atomic E-state index is 0.212. The van der Waals surface area contributed by atoms with Crippen LogP contribution in [0.25, 0.3) is 10.1 Å². The van der Waals surface area contributed by atoms with Crippen LogP contribution in [0.4, 0.5) is 4.39 Å². The second-order valence-corrected chi connectivity index (χ2v) is 7.16. The van der Waals surface area contributed by atoms with E-state index < -0.39 is 0 Å². The molecule has 1 aromatic carbocycles. The molecule has 1 fully saturated rings. The van der Waals surface area contributed by atoms with Crippen molar-refractivity contribution in [1.82, 2.24) is 4.90 Å². The van der Waals surface area contributed by atoms with Crippen LogP contribution in [0.2, 0.25) is 5.02 Å². The summed E-state index contributed by atoms with van der Waals surface area (Å²) >= 11 is 7.50. The molecule has 0 N–H and O–H groups in total. The van der Waals surface area contributed by atoms with Gasteiger partial charge in [-0.15, -0.1) is 11.3 Å². The van der Waals surface area contributed by atoms with Gasteiger partial charge in [0.1, 0.15) is 10.7 Å². The molecular formula is C17H17ClFNO3S. The molecule has 0 unspecified atom stereocenters. The van der Waals surface area contributed by atoms with Crippen LogP contribution in [0, 0.1) is 11.7 Å². The molecule has 0 saturated carbocycles. The van der Waals surface area contributed by atoms with Crippen molar-refractivity contribution >= 4 is 44.9 Å². The monoisotopic (exact) mass is 369 g/mol. The largest absolute Gasteiger partial charge is 0.466 e. The van der Waals surface area contributed by atoms with Gasteiger partial charge in [-0.1, -0.05) is 11.6 Å². The van der Waals surface area contributed by atoms with E-state index in [1.807, 2.05) is 0 Å². The highest BCUT2D eigenvalue weighted by molar-refractivity contribution is 7.21. The Bertz CT molecular complexity index is 791. The topological polar surface area (TPSA) is 46.6 Å². The number of thiophene rings is 1. The zero-order valence-corrected chi connectivity index (χ0v) is 14.8. The third-order valence-corrected chi connectivity index (χ3v) is 5.76. The summed E-state index contributed by atoms with van der Waals surface area (Å²) in [6, 6.07) is 4.28. The standard InChI is InChI=1S/C17H17ClFNO3S/c1-2-23-17(22)10-4-3-7-20(9-10)16(21)15-14(18)12-6-5-11(19)8-13(12)24-15/h5-6,8,10H,2-4,7,9H2,1H3/t10-/m0/s1. The molecule has 0 bridgehead atoms. The fourth-order valence-corrected chi connectivity index (χ4v) is 4.44. The second kappa shape index (κ2) is 7.07. The second-order valence-electron chi connectivity index (χ2n) is 5.73. The first-order valence-electron chi connectivity index (χ1n) is 7.84. The van der Waals surface area contributed by atoms with Crippen molar-refractivity contribution < 1.29 is 18.7 Å². The van der Waals surface area contributed by atoms with E-state index in [1.54, 1.807) is 17.9 Å². The summed E-state index contributed by atoms with van der Waals surface area (Å²) in [5.41, 5.74) is 0. The summed E-state index contributed by atoms with van der Waals surface area (Å²) < 4.78 is 19.1. The number of esters is 1. The number of likely N-dealkylation sites (tertiary alicyclic amines) is 1. The van der Waals surface area contributed by atoms with Gasteiger partial charge in [0, 0.05) is 23.2 Å². The number of rotatable bonds is 3. The Labute approximate surface area is 148 Å². The number of ether oxygens (including phenoxy) is 1. The van der Waals surface area contributed by atoms with Crippen molar-refractivity contribution in [2.45, 2.75) is 19.8 Å². The average molecular weight is 370 g/mol. The minimum atomic E-state index is -0.361. The molecule has 7 heteroatoms. The summed E-state index contributed by atoms with van der Waals surface area (Å²) in [6.07, 6.45) is 1.46. The van der Waals surface area contributed by atoms with Gasteiger partial charge >= 0.3 is 5.97 Å². The van der Waals surface area contributed by atoms with Gasteiger partial charge in [0.25, 0.3) is 5.91 Å². The number of hydrogen-bond donors (Lipinski definition) is 0. The summed E-state index contributed by atoms with van der Waals surface area (Å²) in [5.74, 6) is -1.14. The first-order valence-corrected chi connectivity index (χ1v) is 9.04. The fourth-order valence-electron chi connectivity index (χ4n) is 2.93. The third-order valence-electron chi connectivity index (χ3n) is 4.11. The number of carbonyl (C=O) groups excluding carboxylic acids is 2. The molecule has 24 heavy (non-hydrogen) atoms. The number of carbonyl (C=O) groups is 2. The fraction of sp³-hybridized carbons (Fsp3) is 0.412. The molecule has 1 saturated heterocycles. The minimum Gasteiger partial charge on any atom is -0.466 e. The summed E-state index contributed by atoms with van der Waals surface area (Å²) in [7, 11) is 0. The molecule has 1 atom stereocenters. The van der Waals surface area contributed by atoms with E-state index in [-0.39, 0.29) is 23.6 Å². The molecule has 4 nitrogen and oxygen atoms in total. The SMILES string of the molecule is CCOC(=O)[C@H]1CCCN(C(=O)c2sc3cc(F)ccc3c2Cl)C1. The smallest absolute Gasteiger partial charge is 0.310 e. The first kappa shape index (κ1) is 17.2. The third kappa shape index (κ3) is 3.26. The van der Waals surface area contributed by atoms with E-state index in [4.69, 9.17) is 16.3 Å². The Hall–Kier alpha value is -1.66. The van der Waals surface area contributed by atoms with Crippen LogP contribution >= 0.6 is 22.9 Å². The van der Waals surface area contributed by atoms with Gasteiger partial charge in [-0.25, -0.2) is 4.39 Å². The van der Waals surface area contributed by atoms with Gasteiger partial charge in [-0.3, -0.25) is 9.59 Å². The number of amides is 1. The Morgan fingerprint density at radius 1 is 1.46 bits per heavy atom. The number of halogens is 2. The van der Waals surface area contributed by atoms with Crippen molar-refractivity contribution in [2.75, 3.05) is 19.7 Å². The molecular weight excluding hydrogens is 353 g/mol. The molecule has 2 heterocycles. The lowest BCUT2D eigenvalue weighted by atomic mass is 9.98. The Morgan fingerprint density at radius 2 is 2.25 bits per heavy atom. The zero-order valence-electron chi connectivity index (χ0n) is 13.2. The quantitative estimate of drug-likeness (QED) is 0.765. The maximum atomic E-state index is 13.4. The van der Waals surface area contributed by atoms with Gasteiger partial charge in [0.15, 0.2) is 0 Å². The number of nitrogens with zero attached hydrogens (tertiary/aromatic N) is 1. The van der Waals surface area contributed by atoms with Crippen LogP contribution in [0.5, 0.6) is 0 Å². The van der Waals surface area contributed by atoms with Crippen LogP contribution in [0.3, 0.4) is 0 Å². The average Bonchev–Trinajstić information content (AvgIpc) is 2.90. The predicted molar refractivity (Wildman–Crippen MR) is 92.1 cm³/mol. The van der Waals surface area contributed by atoms with Gasteiger partial charge < -0.3 is 9.64 Å². The van der Waals surface area contributed by atoms with Gasteiger partial charge in [0.2, 0.25) is 0 Å². The molecule has 3 rings (SSSR count). The number of benzene rings is 1. The van der Waals surface area contributed by atoms with Crippen LogP contribution < -0.4 is 0 Å². The number of piperidine rings is 1. The van der Waals surface area contributed by atoms with Crippen molar-refractivity contribution in [3.63, 3.8) is 0 Å². The molecule has 1 aliphatic heterocycles. The normalized spacial score (nSPS) is 18.0. The summed E-state index contributed by atoms with van der Waals surface area (Å²) in [6.45, 7) is 3.00. The maximum absolute atomic E-state index is 13.4. The van der Waals surface area contributed by atoms with E-state index in [0.29, 0.717) is 46.1 Å². The van der Waals surface area contributed by atoms with Crippen molar-refractivity contribution in [3.05, 3.63) is 33.9 Å². The predicted octanol–water partition coefficient (Wildman–Crippen LogP) is 4.11. The highest BCUT2D eigenvalue weighted by Crippen LogP contribution is 2.37. The molecule has 0 spiro atoms. The lowest BCUT2D eigenvalue weighted by Crippen LogP contribution is -2.42. The first-order chi connectivity index (χ1) is 11.5. The van der Waals surface area contributed by atoms with Gasteiger partial charge in [-0.2, -0.15) is 0 Å². The number of fused-ring (bicyclic) bond motifs is 1. The number of hydrogen-bond acceptors (Lipinski definition) is 4. The molecule has 1 aromatic heterocycles.